The molecule has 0 spiro atoms. The second-order valence-electron chi connectivity index (χ2n) is 6.96. The van der Waals surface area contributed by atoms with Gasteiger partial charge in [-0.3, -0.25) is 0 Å². The molecule has 6 heteroatoms. The fourth-order valence-electron chi connectivity index (χ4n) is 3.44. The van der Waals surface area contributed by atoms with Crippen LogP contribution in [0.4, 0.5) is 11.4 Å². The number of hydrogen-bond donors (Lipinski definition) is 1. The second-order valence-corrected chi connectivity index (χ2v) is 9.00. The molecule has 0 fully saturated rings. The first-order valence-corrected chi connectivity index (χ1v) is 11.7. The van der Waals surface area contributed by atoms with Crippen LogP contribution in [-0.2, 0) is 4.79 Å². The van der Waals surface area contributed by atoms with Crippen molar-refractivity contribution in [1.82, 2.24) is 4.31 Å². The highest BCUT2D eigenvalue weighted by Gasteiger charge is 2.28. The average Bonchev–Trinajstić information content (AvgIpc) is 2.86. The molecular formula is C23H26N2O2S2. The number of anilines is 2. The van der Waals surface area contributed by atoms with Crippen LogP contribution in [0.3, 0.4) is 0 Å². The molecule has 1 N–H and O–H groups in total. The van der Waals surface area contributed by atoms with Crippen LogP contribution in [0, 0.1) is 11.8 Å². The van der Waals surface area contributed by atoms with Crippen LogP contribution in [0.2, 0.25) is 0 Å². The fraction of sp³-hybridized carbons (Fsp3) is 0.348. The summed E-state index contributed by atoms with van der Waals surface area (Å²) in [5, 5.41) is 8.97. The van der Waals surface area contributed by atoms with Gasteiger partial charge in [0.1, 0.15) is 0 Å². The molecule has 0 radical (unpaired) electrons. The zero-order valence-corrected chi connectivity index (χ0v) is 18.6. The van der Waals surface area contributed by atoms with E-state index in [2.05, 4.69) is 65.3 Å². The van der Waals surface area contributed by atoms with E-state index >= 15 is 0 Å². The molecule has 0 aliphatic carbocycles. The number of benzene rings is 2. The van der Waals surface area contributed by atoms with E-state index in [9.17, 15) is 4.79 Å². The fourth-order valence-corrected chi connectivity index (χ4v) is 5.06. The minimum absolute atomic E-state index is 0.416. The maximum absolute atomic E-state index is 10.9. The first kappa shape index (κ1) is 21.6. The molecule has 0 bridgehead atoms. The number of rotatable bonds is 5. The van der Waals surface area contributed by atoms with E-state index in [1.807, 2.05) is 18.4 Å². The summed E-state index contributed by atoms with van der Waals surface area (Å²) in [6, 6.07) is 15.1. The van der Waals surface area contributed by atoms with E-state index in [4.69, 9.17) is 5.11 Å². The quantitative estimate of drug-likeness (QED) is 0.387. The molecule has 2 aromatic rings. The van der Waals surface area contributed by atoms with Gasteiger partial charge in [-0.05, 0) is 55.9 Å². The van der Waals surface area contributed by atoms with Crippen molar-refractivity contribution in [2.24, 2.45) is 0 Å². The predicted molar refractivity (Wildman–Crippen MR) is 123 cm³/mol. The van der Waals surface area contributed by atoms with Gasteiger partial charge in [0.2, 0.25) is 0 Å². The zero-order chi connectivity index (χ0) is 20.8. The van der Waals surface area contributed by atoms with Crippen molar-refractivity contribution in [3.63, 3.8) is 0 Å². The molecule has 1 aliphatic heterocycles. The number of fused-ring (bicyclic) bond motifs is 1. The van der Waals surface area contributed by atoms with Crippen molar-refractivity contribution < 1.29 is 9.90 Å². The molecule has 3 rings (SSSR count). The molecule has 152 valence electrons. The van der Waals surface area contributed by atoms with Gasteiger partial charge in [0, 0.05) is 39.5 Å². The number of hydrogen-bond acceptors (Lipinski definition) is 5. The maximum atomic E-state index is 10.9. The van der Waals surface area contributed by atoms with Crippen molar-refractivity contribution in [2.75, 3.05) is 24.7 Å². The van der Waals surface area contributed by atoms with E-state index in [-0.39, 0.29) is 0 Å². The summed E-state index contributed by atoms with van der Waals surface area (Å²) in [4.78, 5) is 15.4. The molecule has 1 aliphatic rings. The minimum Gasteiger partial charge on any atom is -0.472 e. The molecule has 2 aromatic carbocycles. The van der Waals surface area contributed by atoms with E-state index in [1.54, 1.807) is 23.7 Å². The number of likely N-dealkylation sites (N-methyl/N-ethyl adjacent to an activating group) is 1. The van der Waals surface area contributed by atoms with Gasteiger partial charge >= 0.3 is 5.97 Å². The third kappa shape index (κ3) is 5.30. The molecule has 0 amide bonds. The third-order valence-corrected chi connectivity index (χ3v) is 6.87. The minimum atomic E-state index is -1.11. The number of unbranched alkanes of at least 4 members (excludes halogenated alkanes) is 1. The summed E-state index contributed by atoms with van der Waals surface area (Å²) in [5.74, 6) is 3.99. The molecular weight excluding hydrogens is 400 g/mol. The van der Waals surface area contributed by atoms with Gasteiger partial charge in [-0.1, -0.05) is 43.9 Å². The third-order valence-electron chi connectivity index (χ3n) is 4.98. The lowest BCUT2D eigenvalue weighted by Gasteiger charge is -2.30. The Kier molecular flexibility index (Phi) is 7.54. The number of carbonyl (C=O) groups is 1. The van der Waals surface area contributed by atoms with Gasteiger partial charge in [-0.2, -0.15) is 0 Å². The summed E-state index contributed by atoms with van der Waals surface area (Å²) in [6.07, 6.45) is 5.51. The lowest BCUT2D eigenvalue weighted by Crippen LogP contribution is -2.35. The summed E-state index contributed by atoms with van der Waals surface area (Å²) in [5.41, 5.74) is 3.08. The number of nitrogens with zero attached hydrogens (tertiary/aromatic N) is 2. The first-order chi connectivity index (χ1) is 14.0. The van der Waals surface area contributed by atoms with Crippen LogP contribution < -0.4 is 4.90 Å². The number of carboxylic acids is 1. The first-order valence-electron chi connectivity index (χ1n) is 9.73. The largest absolute Gasteiger partial charge is 0.472 e. The molecule has 1 heterocycles. The molecule has 0 aromatic heterocycles. The summed E-state index contributed by atoms with van der Waals surface area (Å²) >= 11 is 3.32. The average molecular weight is 427 g/mol. The van der Waals surface area contributed by atoms with E-state index < -0.39 is 5.97 Å². The van der Waals surface area contributed by atoms with Gasteiger partial charge in [-0.25, -0.2) is 9.10 Å². The summed E-state index contributed by atoms with van der Waals surface area (Å²) < 4.78 is 2.34. The van der Waals surface area contributed by atoms with Crippen LogP contribution in [0.1, 0.15) is 31.7 Å². The van der Waals surface area contributed by atoms with Crippen LogP contribution in [-0.4, -0.2) is 41.3 Å². The Labute approximate surface area is 181 Å². The Hall–Kier alpha value is -2.07. The van der Waals surface area contributed by atoms with Crippen LogP contribution in [0.5, 0.6) is 0 Å². The highest BCUT2D eigenvalue weighted by atomic mass is 32.2. The lowest BCUT2D eigenvalue weighted by atomic mass is 10.1. The SMILES string of the molecule is CCCCC1CN(c2ccccc2)c2cc(SC)c(C#CC(=O)O)cc2SN1C. The molecule has 1 atom stereocenters. The number of aliphatic carboxylic acids is 1. The molecule has 0 saturated carbocycles. The van der Waals surface area contributed by atoms with Crippen LogP contribution in [0.25, 0.3) is 0 Å². The van der Waals surface area contributed by atoms with Crippen LogP contribution in [0.15, 0.2) is 52.3 Å². The number of carboxylic acid groups (broad SMARTS) is 1. The number of para-hydroxylation sites is 1. The van der Waals surface area contributed by atoms with Gasteiger partial charge in [-0.15, -0.1) is 11.8 Å². The van der Waals surface area contributed by atoms with Crippen molar-refractivity contribution in [3.8, 4) is 11.8 Å². The highest BCUT2D eigenvalue weighted by Crippen LogP contribution is 2.43. The normalized spacial score (nSPS) is 16.5. The standard InChI is InChI=1S/C23H26N2O2S2/c1-4-5-9-19-16-25(18-10-7-6-8-11-18)20-15-21(28-3)17(12-13-23(26)27)14-22(20)29-24(19)2/h6-8,10-11,14-15,19H,4-5,9,16H2,1-3H3,(H,26,27). The van der Waals surface area contributed by atoms with E-state index in [0.29, 0.717) is 6.04 Å². The van der Waals surface area contributed by atoms with E-state index in [1.165, 1.54) is 18.5 Å². The van der Waals surface area contributed by atoms with Gasteiger partial charge in [0.05, 0.1) is 5.69 Å². The Morgan fingerprint density at radius 2 is 2.07 bits per heavy atom. The van der Waals surface area contributed by atoms with Gasteiger partial charge < -0.3 is 10.0 Å². The monoisotopic (exact) mass is 426 g/mol. The Bertz CT molecular complexity index is 922. The second kappa shape index (κ2) is 10.1. The Morgan fingerprint density at radius 3 is 2.72 bits per heavy atom. The summed E-state index contributed by atoms with van der Waals surface area (Å²) in [7, 11) is 2.15. The molecule has 4 nitrogen and oxygen atoms in total. The molecule has 29 heavy (non-hydrogen) atoms. The maximum Gasteiger partial charge on any atom is 0.382 e. The number of thioether (sulfide) groups is 1. The summed E-state index contributed by atoms with van der Waals surface area (Å²) in [6.45, 7) is 3.14. The van der Waals surface area contributed by atoms with Crippen molar-refractivity contribution in [3.05, 3.63) is 48.0 Å². The molecule has 1 unspecified atom stereocenters. The Morgan fingerprint density at radius 1 is 1.31 bits per heavy atom. The van der Waals surface area contributed by atoms with Gasteiger partial charge in [0.25, 0.3) is 0 Å². The van der Waals surface area contributed by atoms with Crippen molar-refractivity contribution in [1.29, 1.82) is 0 Å². The Balaban J connectivity index is 2.11. The zero-order valence-electron chi connectivity index (χ0n) is 17.0. The smallest absolute Gasteiger partial charge is 0.382 e. The lowest BCUT2D eigenvalue weighted by molar-refractivity contribution is -0.130. The molecule has 0 saturated heterocycles. The van der Waals surface area contributed by atoms with Crippen LogP contribution >= 0.6 is 23.7 Å². The van der Waals surface area contributed by atoms with Crippen molar-refractivity contribution >= 4 is 41.1 Å². The van der Waals surface area contributed by atoms with Crippen molar-refractivity contribution in [2.45, 2.75) is 42.0 Å². The predicted octanol–water partition coefficient (Wildman–Crippen LogP) is 5.49. The topological polar surface area (TPSA) is 43.8 Å². The van der Waals surface area contributed by atoms with Gasteiger partial charge in [0.15, 0.2) is 0 Å². The highest BCUT2D eigenvalue weighted by molar-refractivity contribution is 7.98. The van der Waals surface area contributed by atoms with E-state index in [0.717, 1.165) is 34.0 Å².